The quantitative estimate of drug-likeness (QED) is 0.803. The largest absolute Gasteiger partial charge is 0.481 e. The van der Waals surface area contributed by atoms with Crippen LogP contribution in [0.15, 0.2) is 11.4 Å². The van der Waals surface area contributed by atoms with Gasteiger partial charge in [0, 0.05) is 24.5 Å². The summed E-state index contributed by atoms with van der Waals surface area (Å²) in [7, 11) is 0. The standard InChI is InChI=1S/C17H21F3N2O3S.ClH/c1-2-13-10-4-6-26-14(10)3-5-22(13)15(23)9-21-7-11(16(24)25)12(8-21)17(18,19)20;/h4,6,11-13H,2-3,5,7-9H2,1H3,(H,24,25);1H/t11-,12-,13?;/m1./s1. The molecule has 1 saturated heterocycles. The monoisotopic (exact) mass is 426 g/mol. The number of likely N-dealkylation sites (tertiary alicyclic amines) is 1. The van der Waals surface area contributed by atoms with E-state index in [1.54, 1.807) is 16.2 Å². The Morgan fingerprint density at radius 2 is 2.04 bits per heavy atom. The Hall–Kier alpha value is -1.32. The minimum Gasteiger partial charge on any atom is -0.481 e. The summed E-state index contributed by atoms with van der Waals surface area (Å²) in [6.07, 6.45) is -3.10. The van der Waals surface area contributed by atoms with Crippen LogP contribution in [0, 0.1) is 11.8 Å². The molecule has 3 atom stereocenters. The number of hydrogen-bond acceptors (Lipinski definition) is 4. The molecule has 1 fully saturated rings. The van der Waals surface area contributed by atoms with Crippen LogP contribution in [0.2, 0.25) is 0 Å². The Morgan fingerprint density at radius 3 is 2.59 bits per heavy atom. The minimum absolute atomic E-state index is 0. The number of carbonyl (C=O) groups is 2. The molecule has 0 radical (unpaired) electrons. The maximum Gasteiger partial charge on any atom is 0.393 e. The van der Waals surface area contributed by atoms with Gasteiger partial charge in [-0.25, -0.2) is 0 Å². The molecule has 27 heavy (non-hydrogen) atoms. The number of alkyl halides is 3. The fourth-order valence-corrected chi connectivity index (χ4v) is 4.94. The molecule has 1 N–H and O–H groups in total. The number of carboxylic acid groups (broad SMARTS) is 1. The zero-order chi connectivity index (χ0) is 19.1. The van der Waals surface area contributed by atoms with Crippen LogP contribution in [0.5, 0.6) is 0 Å². The highest BCUT2D eigenvalue weighted by atomic mass is 35.5. The molecule has 0 aromatic carbocycles. The molecular formula is C17H22ClF3N2O3S. The van der Waals surface area contributed by atoms with Gasteiger partial charge >= 0.3 is 12.1 Å². The lowest BCUT2D eigenvalue weighted by atomic mass is 9.96. The Morgan fingerprint density at radius 1 is 1.33 bits per heavy atom. The second kappa shape index (κ2) is 8.36. The van der Waals surface area contributed by atoms with Crippen molar-refractivity contribution < 1.29 is 27.9 Å². The summed E-state index contributed by atoms with van der Waals surface area (Å²) in [6.45, 7) is 1.66. The van der Waals surface area contributed by atoms with Crippen molar-refractivity contribution in [1.29, 1.82) is 0 Å². The van der Waals surface area contributed by atoms with E-state index in [4.69, 9.17) is 5.11 Å². The van der Waals surface area contributed by atoms with E-state index in [-0.39, 0.29) is 37.4 Å². The SMILES string of the molecule is CCC1c2ccsc2CCN1C(=O)CN1C[C@@H](C(F)(F)F)[C@H](C(=O)O)C1.Cl. The molecule has 1 aromatic heterocycles. The molecule has 0 bridgehead atoms. The summed E-state index contributed by atoms with van der Waals surface area (Å²) < 4.78 is 39.3. The number of rotatable bonds is 4. The summed E-state index contributed by atoms with van der Waals surface area (Å²) in [4.78, 5) is 28.2. The van der Waals surface area contributed by atoms with Crippen LogP contribution in [0.4, 0.5) is 13.2 Å². The molecule has 1 amide bonds. The van der Waals surface area contributed by atoms with Gasteiger partial charge in [0.15, 0.2) is 0 Å². The number of thiophene rings is 1. The van der Waals surface area contributed by atoms with Crippen LogP contribution in [-0.2, 0) is 16.0 Å². The van der Waals surface area contributed by atoms with E-state index in [0.29, 0.717) is 6.54 Å². The van der Waals surface area contributed by atoms with Gasteiger partial charge in [-0.15, -0.1) is 23.7 Å². The first-order chi connectivity index (χ1) is 12.2. The van der Waals surface area contributed by atoms with E-state index in [9.17, 15) is 22.8 Å². The highest BCUT2D eigenvalue weighted by Gasteiger charge is 2.52. The maximum atomic E-state index is 13.1. The summed E-state index contributed by atoms with van der Waals surface area (Å²) in [6, 6.07) is 1.94. The van der Waals surface area contributed by atoms with Gasteiger partial charge in [0.2, 0.25) is 5.91 Å². The third-order valence-corrected chi connectivity index (χ3v) is 6.29. The van der Waals surface area contributed by atoms with Crippen molar-refractivity contribution in [3.05, 3.63) is 21.9 Å². The van der Waals surface area contributed by atoms with Gasteiger partial charge in [-0.1, -0.05) is 6.92 Å². The number of fused-ring (bicyclic) bond motifs is 1. The van der Waals surface area contributed by atoms with E-state index in [2.05, 4.69) is 0 Å². The molecule has 3 heterocycles. The highest BCUT2D eigenvalue weighted by molar-refractivity contribution is 7.10. The highest BCUT2D eigenvalue weighted by Crippen LogP contribution is 2.38. The van der Waals surface area contributed by atoms with Gasteiger partial charge in [0.05, 0.1) is 24.4 Å². The number of amides is 1. The smallest absolute Gasteiger partial charge is 0.393 e. The predicted octanol–water partition coefficient (Wildman–Crippen LogP) is 3.20. The van der Waals surface area contributed by atoms with Crippen molar-refractivity contribution >= 4 is 35.6 Å². The average Bonchev–Trinajstić information content (AvgIpc) is 3.19. The number of aliphatic carboxylic acids is 1. The van der Waals surface area contributed by atoms with Gasteiger partial charge in [-0.3, -0.25) is 14.5 Å². The van der Waals surface area contributed by atoms with E-state index in [1.165, 1.54) is 9.78 Å². The van der Waals surface area contributed by atoms with E-state index < -0.39 is 30.5 Å². The molecule has 10 heteroatoms. The van der Waals surface area contributed by atoms with Gasteiger partial charge in [0.25, 0.3) is 0 Å². The molecule has 2 aliphatic rings. The molecule has 1 aromatic rings. The van der Waals surface area contributed by atoms with Crippen molar-refractivity contribution in [1.82, 2.24) is 9.80 Å². The minimum atomic E-state index is -4.58. The molecule has 0 saturated carbocycles. The lowest BCUT2D eigenvalue weighted by molar-refractivity contribution is -0.188. The summed E-state index contributed by atoms with van der Waals surface area (Å²) in [5.74, 6) is -5.15. The van der Waals surface area contributed by atoms with Crippen molar-refractivity contribution in [2.45, 2.75) is 32.0 Å². The zero-order valence-corrected chi connectivity index (χ0v) is 16.4. The van der Waals surface area contributed by atoms with Gasteiger partial charge < -0.3 is 10.0 Å². The average molecular weight is 427 g/mol. The molecule has 1 unspecified atom stereocenters. The van der Waals surface area contributed by atoms with Crippen molar-refractivity contribution in [3.63, 3.8) is 0 Å². The van der Waals surface area contributed by atoms with Crippen LogP contribution in [0.1, 0.15) is 29.8 Å². The third kappa shape index (κ3) is 4.41. The molecule has 152 valence electrons. The van der Waals surface area contributed by atoms with Crippen molar-refractivity contribution in [2.75, 3.05) is 26.2 Å². The van der Waals surface area contributed by atoms with Crippen molar-refractivity contribution in [2.24, 2.45) is 11.8 Å². The Bertz CT molecular complexity index is 697. The Kier molecular flexibility index (Phi) is 6.81. The van der Waals surface area contributed by atoms with E-state index >= 15 is 0 Å². The lowest BCUT2D eigenvalue weighted by Gasteiger charge is -2.36. The third-order valence-electron chi connectivity index (χ3n) is 5.29. The van der Waals surface area contributed by atoms with Crippen molar-refractivity contribution in [3.8, 4) is 0 Å². The number of carboxylic acids is 1. The predicted molar refractivity (Wildman–Crippen MR) is 97.1 cm³/mol. The first-order valence-electron chi connectivity index (χ1n) is 8.60. The number of carbonyl (C=O) groups excluding carboxylic acids is 1. The fraction of sp³-hybridized carbons (Fsp3) is 0.647. The van der Waals surface area contributed by atoms with Crippen LogP contribution in [0.25, 0.3) is 0 Å². The number of halogens is 4. The Balaban J connectivity index is 0.00000261. The summed E-state index contributed by atoms with van der Waals surface area (Å²) in [5, 5.41) is 11.1. The lowest BCUT2D eigenvalue weighted by Crippen LogP contribution is -2.44. The second-order valence-corrected chi connectivity index (χ2v) is 7.85. The maximum absolute atomic E-state index is 13.1. The molecule has 2 aliphatic heterocycles. The van der Waals surface area contributed by atoms with Gasteiger partial charge in [-0.2, -0.15) is 13.2 Å². The first kappa shape index (κ1) is 22.0. The second-order valence-electron chi connectivity index (χ2n) is 6.85. The zero-order valence-electron chi connectivity index (χ0n) is 14.7. The van der Waals surface area contributed by atoms with Crippen LogP contribution in [0.3, 0.4) is 0 Å². The van der Waals surface area contributed by atoms with Gasteiger partial charge in [0.1, 0.15) is 0 Å². The number of hydrogen-bond donors (Lipinski definition) is 1. The molecule has 3 rings (SSSR count). The molecule has 0 spiro atoms. The topological polar surface area (TPSA) is 60.9 Å². The summed E-state index contributed by atoms with van der Waals surface area (Å²) >= 11 is 1.66. The van der Waals surface area contributed by atoms with Gasteiger partial charge in [-0.05, 0) is 29.9 Å². The van der Waals surface area contributed by atoms with Crippen LogP contribution < -0.4 is 0 Å². The Labute approximate surface area is 165 Å². The molecule has 0 aliphatic carbocycles. The molecular weight excluding hydrogens is 405 g/mol. The summed E-state index contributed by atoms with van der Waals surface area (Å²) in [5.41, 5.74) is 1.12. The van der Waals surface area contributed by atoms with E-state index in [0.717, 1.165) is 18.4 Å². The normalized spacial score (nSPS) is 25.8. The first-order valence-corrected chi connectivity index (χ1v) is 9.48. The van der Waals surface area contributed by atoms with Crippen LogP contribution in [-0.4, -0.2) is 59.1 Å². The molecule has 5 nitrogen and oxygen atoms in total. The number of nitrogens with zero attached hydrogens (tertiary/aromatic N) is 2. The fourth-order valence-electron chi connectivity index (χ4n) is 4.01. The van der Waals surface area contributed by atoms with Crippen LogP contribution >= 0.6 is 23.7 Å². The van der Waals surface area contributed by atoms with E-state index in [1.807, 2.05) is 18.4 Å².